The lowest BCUT2D eigenvalue weighted by molar-refractivity contribution is 0.141. The highest BCUT2D eigenvalue weighted by atomic mass is 16.5. The molecule has 2 aromatic rings. The summed E-state index contributed by atoms with van der Waals surface area (Å²) in [6, 6.07) is 6.28. The number of nitrogens with one attached hydrogen (secondary N) is 2. The summed E-state index contributed by atoms with van der Waals surface area (Å²) in [5.74, 6) is 2.39. The SMILES string of the molecule is CCOC(=O)N[C@H]1[C@H]2CC[C@H](C2)[C@@H]1c1c[nH]c2ccc(OC)cc12. The first kappa shape index (κ1) is 15.4. The van der Waals surface area contributed by atoms with Crippen molar-refractivity contribution in [3.8, 4) is 5.75 Å². The molecular weight excluding hydrogens is 304 g/mol. The van der Waals surface area contributed by atoms with E-state index in [-0.39, 0.29) is 12.1 Å². The fourth-order valence-corrected chi connectivity index (χ4v) is 4.78. The summed E-state index contributed by atoms with van der Waals surface area (Å²) in [4.78, 5) is 15.4. The molecule has 4 atom stereocenters. The van der Waals surface area contributed by atoms with Crippen molar-refractivity contribution in [3.63, 3.8) is 0 Å². The van der Waals surface area contributed by atoms with Crippen molar-refractivity contribution in [1.82, 2.24) is 10.3 Å². The molecule has 0 saturated heterocycles. The van der Waals surface area contributed by atoms with Gasteiger partial charge in [-0.2, -0.15) is 0 Å². The summed E-state index contributed by atoms with van der Waals surface area (Å²) < 4.78 is 10.5. The van der Waals surface area contributed by atoms with E-state index in [0.717, 1.165) is 11.3 Å². The van der Waals surface area contributed by atoms with Crippen molar-refractivity contribution in [2.75, 3.05) is 13.7 Å². The van der Waals surface area contributed by atoms with Gasteiger partial charge in [-0.25, -0.2) is 4.79 Å². The van der Waals surface area contributed by atoms with Crippen LogP contribution in [0.1, 0.15) is 37.7 Å². The van der Waals surface area contributed by atoms with E-state index in [1.54, 1.807) is 7.11 Å². The van der Waals surface area contributed by atoms with Crippen molar-refractivity contribution in [2.45, 2.75) is 38.1 Å². The van der Waals surface area contributed by atoms with Crippen molar-refractivity contribution in [3.05, 3.63) is 30.0 Å². The lowest BCUT2D eigenvalue weighted by Gasteiger charge is -2.31. The first-order valence-corrected chi connectivity index (χ1v) is 8.79. The zero-order valence-electron chi connectivity index (χ0n) is 14.2. The number of aromatic nitrogens is 1. The van der Waals surface area contributed by atoms with Crippen LogP contribution in [0.25, 0.3) is 10.9 Å². The average Bonchev–Trinajstić information content (AvgIpc) is 3.28. The molecule has 5 nitrogen and oxygen atoms in total. The van der Waals surface area contributed by atoms with E-state index >= 15 is 0 Å². The van der Waals surface area contributed by atoms with Crippen LogP contribution in [0.4, 0.5) is 4.79 Å². The molecule has 2 aliphatic rings. The first-order valence-electron chi connectivity index (χ1n) is 8.79. The van der Waals surface area contributed by atoms with E-state index < -0.39 is 0 Å². The summed E-state index contributed by atoms with van der Waals surface area (Å²) in [5, 5.41) is 4.33. The molecule has 1 aromatic carbocycles. The number of rotatable bonds is 4. The molecule has 1 heterocycles. The number of benzene rings is 1. The minimum atomic E-state index is -0.294. The second-order valence-electron chi connectivity index (χ2n) is 6.91. The van der Waals surface area contributed by atoms with Gasteiger partial charge in [-0.1, -0.05) is 0 Å². The Hall–Kier alpha value is -2.17. The van der Waals surface area contributed by atoms with Gasteiger partial charge in [-0.3, -0.25) is 0 Å². The molecule has 0 spiro atoms. The Kier molecular flexibility index (Phi) is 3.87. The zero-order valence-corrected chi connectivity index (χ0v) is 14.2. The van der Waals surface area contributed by atoms with Gasteiger partial charge in [0.15, 0.2) is 0 Å². The quantitative estimate of drug-likeness (QED) is 0.897. The number of hydrogen-bond donors (Lipinski definition) is 2. The molecule has 2 fully saturated rings. The van der Waals surface area contributed by atoms with Crippen LogP contribution in [-0.4, -0.2) is 30.8 Å². The number of carbonyl (C=O) groups is 1. The number of hydrogen-bond acceptors (Lipinski definition) is 3. The van der Waals surface area contributed by atoms with Gasteiger partial charge in [0.1, 0.15) is 5.75 Å². The van der Waals surface area contributed by atoms with Crippen LogP contribution in [0.2, 0.25) is 0 Å². The third-order valence-corrected chi connectivity index (χ3v) is 5.76. The lowest BCUT2D eigenvalue weighted by Crippen LogP contribution is -2.43. The smallest absolute Gasteiger partial charge is 0.407 e. The Morgan fingerprint density at radius 1 is 1.33 bits per heavy atom. The van der Waals surface area contributed by atoms with Gasteiger partial charge in [-0.15, -0.1) is 0 Å². The van der Waals surface area contributed by atoms with E-state index in [0.29, 0.717) is 24.4 Å². The first-order chi connectivity index (χ1) is 11.7. The standard InChI is InChI=1S/C19H24N2O3/c1-3-24-19(22)21-18-12-5-4-11(8-12)17(18)15-10-20-16-7-6-13(23-2)9-14(15)16/h6-7,9-12,17-18,20H,3-5,8H2,1-2H3,(H,21,22)/t11-,12+,17-,18+/m1/s1. The largest absolute Gasteiger partial charge is 0.497 e. The van der Waals surface area contributed by atoms with Crippen LogP contribution in [-0.2, 0) is 4.74 Å². The van der Waals surface area contributed by atoms with Gasteiger partial charge < -0.3 is 19.8 Å². The predicted octanol–water partition coefficient (Wildman–Crippen LogP) is 3.80. The molecule has 0 aliphatic heterocycles. The number of alkyl carbamates (subject to hydrolysis) is 1. The molecule has 1 aromatic heterocycles. The molecule has 0 unspecified atom stereocenters. The third kappa shape index (κ3) is 2.43. The molecule has 24 heavy (non-hydrogen) atoms. The Morgan fingerprint density at radius 3 is 2.96 bits per heavy atom. The summed E-state index contributed by atoms with van der Waals surface area (Å²) in [7, 11) is 1.69. The monoisotopic (exact) mass is 328 g/mol. The zero-order chi connectivity index (χ0) is 16.7. The minimum Gasteiger partial charge on any atom is -0.497 e. The third-order valence-electron chi connectivity index (χ3n) is 5.76. The number of ether oxygens (including phenoxy) is 2. The average molecular weight is 328 g/mol. The van der Waals surface area contributed by atoms with Crippen LogP contribution >= 0.6 is 0 Å². The van der Waals surface area contributed by atoms with Gasteiger partial charge in [-0.05, 0) is 61.8 Å². The van der Waals surface area contributed by atoms with Crippen LogP contribution in [0.3, 0.4) is 0 Å². The second-order valence-corrected chi connectivity index (χ2v) is 6.91. The number of aromatic amines is 1. The highest BCUT2D eigenvalue weighted by Crippen LogP contribution is 2.54. The van der Waals surface area contributed by atoms with Crippen molar-refractivity contribution in [1.29, 1.82) is 0 Å². The van der Waals surface area contributed by atoms with E-state index in [1.807, 2.05) is 13.0 Å². The van der Waals surface area contributed by atoms with Gasteiger partial charge in [0.05, 0.1) is 13.7 Å². The highest BCUT2D eigenvalue weighted by Gasteiger charge is 2.49. The topological polar surface area (TPSA) is 63.3 Å². The summed E-state index contributed by atoms with van der Waals surface area (Å²) in [6.07, 6.45) is 5.45. The molecule has 2 bridgehead atoms. The van der Waals surface area contributed by atoms with E-state index in [9.17, 15) is 4.79 Å². The number of methoxy groups -OCH3 is 1. The normalized spacial score (nSPS) is 28.2. The lowest BCUT2D eigenvalue weighted by atomic mass is 9.79. The maximum absolute atomic E-state index is 12.0. The Labute approximate surface area is 141 Å². The van der Waals surface area contributed by atoms with Crippen LogP contribution in [0, 0.1) is 11.8 Å². The van der Waals surface area contributed by atoms with Crippen molar-refractivity contribution < 1.29 is 14.3 Å². The van der Waals surface area contributed by atoms with Crippen molar-refractivity contribution >= 4 is 17.0 Å². The van der Waals surface area contributed by atoms with Gasteiger partial charge in [0.2, 0.25) is 0 Å². The number of carbonyl (C=O) groups excluding carboxylic acids is 1. The maximum Gasteiger partial charge on any atom is 0.407 e. The Bertz CT molecular complexity index is 754. The molecule has 2 aliphatic carbocycles. The number of fused-ring (bicyclic) bond motifs is 3. The van der Waals surface area contributed by atoms with E-state index in [1.165, 1.54) is 30.2 Å². The molecule has 0 radical (unpaired) electrons. The molecule has 4 rings (SSSR count). The maximum atomic E-state index is 12.0. The Morgan fingerprint density at radius 2 is 2.17 bits per heavy atom. The number of amides is 1. The van der Waals surface area contributed by atoms with Crippen LogP contribution in [0.5, 0.6) is 5.75 Å². The van der Waals surface area contributed by atoms with Crippen LogP contribution < -0.4 is 10.1 Å². The van der Waals surface area contributed by atoms with E-state index in [2.05, 4.69) is 28.6 Å². The van der Waals surface area contributed by atoms with Gasteiger partial charge in [0.25, 0.3) is 0 Å². The fraction of sp³-hybridized carbons (Fsp3) is 0.526. The fourth-order valence-electron chi connectivity index (χ4n) is 4.78. The summed E-state index contributed by atoms with van der Waals surface area (Å²) in [5.41, 5.74) is 2.40. The molecular formula is C19H24N2O3. The molecule has 1 amide bonds. The Balaban J connectivity index is 1.69. The van der Waals surface area contributed by atoms with Crippen LogP contribution in [0.15, 0.2) is 24.4 Å². The molecule has 128 valence electrons. The summed E-state index contributed by atoms with van der Waals surface area (Å²) >= 11 is 0. The van der Waals surface area contributed by atoms with Gasteiger partial charge in [0, 0.05) is 29.1 Å². The molecule has 5 heteroatoms. The minimum absolute atomic E-state index is 0.160. The second kappa shape index (κ2) is 6.04. The molecule has 2 N–H and O–H groups in total. The number of H-pyrrole nitrogens is 1. The highest BCUT2D eigenvalue weighted by molar-refractivity contribution is 5.85. The summed E-state index contributed by atoms with van der Waals surface area (Å²) in [6.45, 7) is 2.24. The predicted molar refractivity (Wildman–Crippen MR) is 92.4 cm³/mol. The van der Waals surface area contributed by atoms with E-state index in [4.69, 9.17) is 9.47 Å². The van der Waals surface area contributed by atoms with Crippen molar-refractivity contribution in [2.24, 2.45) is 11.8 Å². The van der Waals surface area contributed by atoms with Gasteiger partial charge >= 0.3 is 6.09 Å². The molecule has 2 saturated carbocycles.